The highest BCUT2D eigenvalue weighted by Crippen LogP contribution is 2.16. The lowest BCUT2D eigenvalue weighted by Gasteiger charge is -2.09. The van der Waals surface area contributed by atoms with Crippen LogP contribution in [0.1, 0.15) is 10.4 Å². The van der Waals surface area contributed by atoms with E-state index < -0.39 is 44.9 Å². The standard InChI is InChI=1S/C9H8F4N2O3S/c10-7-2-1-5(19(14,17)18)3-6(7)8(16)15-4-9(11,12)13/h1-3H,4H2,(H,15,16)(H2,14,17,18). The number of benzene rings is 1. The van der Waals surface area contributed by atoms with Gasteiger partial charge < -0.3 is 5.32 Å². The van der Waals surface area contributed by atoms with Crippen LogP contribution in [0.25, 0.3) is 0 Å². The van der Waals surface area contributed by atoms with Crippen LogP contribution < -0.4 is 10.5 Å². The summed E-state index contributed by atoms with van der Waals surface area (Å²) < 4.78 is 70.8. The summed E-state index contributed by atoms with van der Waals surface area (Å²) in [4.78, 5) is 10.7. The smallest absolute Gasteiger partial charge is 0.343 e. The van der Waals surface area contributed by atoms with E-state index in [1.807, 2.05) is 0 Å². The molecule has 19 heavy (non-hydrogen) atoms. The van der Waals surface area contributed by atoms with Crippen molar-refractivity contribution in [3.63, 3.8) is 0 Å². The number of alkyl halides is 3. The minimum atomic E-state index is -4.66. The normalized spacial score (nSPS) is 12.3. The van der Waals surface area contributed by atoms with Crippen molar-refractivity contribution in [1.29, 1.82) is 0 Å². The predicted octanol–water partition coefficient (Wildman–Crippen LogP) is 0.765. The number of carbonyl (C=O) groups is 1. The van der Waals surface area contributed by atoms with Gasteiger partial charge in [0, 0.05) is 0 Å². The van der Waals surface area contributed by atoms with Gasteiger partial charge in [-0.3, -0.25) is 4.79 Å². The Labute approximate surface area is 105 Å². The molecule has 1 aromatic rings. The number of hydrogen-bond donors (Lipinski definition) is 2. The average molecular weight is 300 g/mol. The molecule has 1 amide bonds. The Kier molecular flexibility index (Phi) is 4.15. The van der Waals surface area contributed by atoms with Gasteiger partial charge in [0.05, 0.1) is 10.5 Å². The number of primary sulfonamides is 1. The summed E-state index contributed by atoms with van der Waals surface area (Å²) in [6, 6.07) is 1.99. The molecule has 0 aliphatic heterocycles. The van der Waals surface area contributed by atoms with E-state index in [0.717, 1.165) is 6.07 Å². The number of hydrogen-bond acceptors (Lipinski definition) is 3. The zero-order valence-electron chi connectivity index (χ0n) is 9.16. The number of carbonyl (C=O) groups excluding carboxylic acids is 1. The van der Waals surface area contributed by atoms with Gasteiger partial charge in [-0.15, -0.1) is 0 Å². The molecule has 0 bridgehead atoms. The monoisotopic (exact) mass is 300 g/mol. The van der Waals surface area contributed by atoms with Gasteiger partial charge in [0.1, 0.15) is 12.4 Å². The number of nitrogens with two attached hydrogens (primary N) is 1. The first-order valence-electron chi connectivity index (χ1n) is 4.68. The van der Waals surface area contributed by atoms with Crippen LogP contribution in [0, 0.1) is 5.82 Å². The van der Waals surface area contributed by atoms with E-state index in [1.165, 1.54) is 5.32 Å². The van der Waals surface area contributed by atoms with Crippen molar-refractivity contribution in [3.8, 4) is 0 Å². The van der Waals surface area contributed by atoms with E-state index >= 15 is 0 Å². The number of halogens is 4. The molecular weight excluding hydrogens is 292 g/mol. The zero-order chi connectivity index (χ0) is 14.8. The molecule has 10 heteroatoms. The van der Waals surface area contributed by atoms with Crippen LogP contribution in [0.3, 0.4) is 0 Å². The van der Waals surface area contributed by atoms with Gasteiger partial charge in [-0.25, -0.2) is 17.9 Å². The van der Waals surface area contributed by atoms with Crippen LogP contribution in [0.5, 0.6) is 0 Å². The van der Waals surface area contributed by atoms with Crippen molar-refractivity contribution in [2.24, 2.45) is 5.14 Å². The maximum atomic E-state index is 13.3. The van der Waals surface area contributed by atoms with E-state index in [4.69, 9.17) is 5.14 Å². The Bertz CT molecular complexity index is 598. The molecule has 0 aromatic heterocycles. The fourth-order valence-electron chi connectivity index (χ4n) is 1.13. The lowest BCUT2D eigenvalue weighted by atomic mass is 10.2. The number of sulfonamides is 1. The third-order valence-electron chi connectivity index (χ3n) is 1.96. The van der Waals surface area contributed by atoms with E-state index in [-0.39, 0.29) is 0 Å². The number of amides is 1. The second-order valence-corrected chi connectivity index (χ2v) is 5.05. The molecule has 0 fully saturated rings. The Morgan fingerprint density at radius 1 is 1.32 bits per heavy atom. The first kappa shape index (κ1) is 15.4. The van der Waals surface area contributed by atoms with Crippen LogP contribution in [-0.2, 0) is 10.0 Å². The summed E-state index contributed by atoms with van der Waals surface area (Å²) in [5.41, 5.74) is -0.837. The highest BCUT2D eigenvalue weighted by atomic mass is 32.2. The largest absolute Gasteiger partial charge is 0.405 e. The third-order valence-corrected chi connectivity index (χ3v) is 2.87. The van der Waals surface area contributed by atoms with Gasteiger partial charge in [0.2, 0.25) is 10.0 Å². The lowest BCUT2D eigenvalue weighted by Crippen LogP contribution is -2.34. The second kappa shape index (κ2) is 5.13. The summed E-state index contributed by atoms with van der Waals surface area (Å²) in [5, 5.41) is 6.18. The van der Waals surface area contributed by atoms with Crippen molar-refractivity contribution in [1.82, 2.24) is 5.32 Å². The van der Waals surface area contributed by atoms with Crippen LogP contribution in [0.4, 0.5) is 17.6 Å². The van der Waals surface area contributed by atoms with Crippen molar-refractivity contribution >= 4 is 15.9 Å². The quantitative estimate of drug-likeness (QED) is 0.808. The van der Waals surface area contributed by atoms with Crippen molar-refractivity contribution in [3.05, 3.63) is 29.6 Å². The molecule has 0 atom stereocenters. The SMILES string of the molecule is NS(=O)(=O)c1ccc(F)c(C(=O)NCC(F)(F)F)c1. The number of nitrogens with one attached hydrogen (secondary N) is 1. The summed E-state index contributed by atoms with van der Waals surface area (Å²) >= 11 is 0. The Morgan fingerprint density at radius 2 is 1.89 bits per heavy atom. The summed E-state index contributed by atoms with van der Waals surface area (Å²) in [7, 11) is -4.19. The molecular formula is C9H8F4N2O3S. The Balaban J connectivity index is 3.03. The summed E-state index contributed by atoms with van der Waals surface area (Å²) in [6.45, 7) is -1.66. The molecule has 0 saturated heterocycles. The summed E-state index contributed by atoms with van der Waals surface area (Å²) in [5.74, 6) is -2.55. The van der Waals surface area contributed by atoms with Crippen LogP contribution in [0.2, 0.25) is 0 Å². The van der Waals surface area contributed by atoms with E-state index in [1.54, 1.807) is 0 Å². The molecule has 0 unspecified atom stereocenters. The van der Waals surface area contributed by atoms with Crippen molar-refractivity contribution < 1.29 is 30.8 Å². The highest BCUT2D eigenvalue weighted by molar-refractivity contribution is 7.89. The fourth-order valence-corrected chi connectivity index (χ4v) is 1.67. The Morgan fingerprint density at radius 3 is 2.37 bits per heavy atom. The van der Waals surface area contributed by atoms with Gasteiger partial charge in [0.15, 0.2) is 0 Å². The molecule has 106 valence electrons. The second-order valence-electron chi connectivity index (χ2n) is 3.48. The van der Waals surface area contributed by atoms with Gasteiger partial charge in [-0.2, -0.15) is 13.2 Å². The molecule has 1 rings (SSSR count). The maximum Gasteiger partial charge on any atom is 0.405 e. The molecule has 5 nitrogen and oxygen atoms in total. The van der Waals surface area contributed by atoms with Crippen molar-refractivity contribution in [2.45, 2.75) is 11.1 Å². The van der Waals surface area contributed by atoms with E-state index in [2.05, 4.69) is 0 Å². The third kappa shape index (κ3) is 4.48. The first-order chi connectivity index (χ1) is 8.50. The molecule has 0 aliphatic rings. The molecule has 0 radical (unpaired) electrons. The van der Waals surface area contributed by atoms with Gasteiger partial charge >= 0.3 is 6.18 Å². The molecule has 0 aliphatic carbocycles. The zero-order valence-corrected chi connectivity index (χ0v) is 9.98. The van der Waals surface area contributed by atoms with Gasteiger partial charge in [-0.05, 0) is 18.2 Å². The molecule has 0 heterocycles. The van der Waals surface area contributed by atoms with Gasteiger partial charge in [-0.1, -0.05) is 0 Å². The van der Waals surface area contributed by atoms with Crippen molar-refractivity contribution in [2.75, 3.05) is 6.54 Å². The molecule has 3 N–H and O–H groups in total. The lowest BCUT2D eigenvalue weighted by molar-refractivity contribution is -0.123. The fraction of sp³-hybridized carbons (Fsp3) is 0.222. The number of rotatable bonds is 3. The Hall–Kier alpha value is -1.68. The minimum absolute atomic E-state index is 0.566. The topological polar surface area (TPSA) is 89.3 Å². The summed E-state index contributed by atoms with van der Waals surface area (Å²) in [6.07, 6.45) is -4.66. The maximum absolute atomic E-state index is 13.3. The van der Waals surface area contributed by atoms with Crippen LogP contribution in [0.15, 0.2) is 23.1 Å². The van der Waals surface area contributed by atoms with E-state index in [0.29, 0.717) is 12.1 Å². The molecule has 0 saturated carbocycles. The highest BCUT2D eigenvalue weighted by Gasteiger charge is 2.28. The average Bonchev–Trinajstić information content (AvgIpc) is 2.24. The van der Waals surface area contributed by atoms with Gasteiger partial charge in [0.25, 0.3) is 5.91 Å². The molecule has 0 spiro atoms. The van der Waals surface area contributed by atoms with Crippen LogP contribution >= 0.6 is 0 Å². The predicted molar refractivity (Wildman–Crippen MR) is 56.2 cm³/mol. The minimum Gasteiger partial charge on any atom is -0.343 e. The first-order valence-corrected chi connectivity index (χ1v) is 6.22. The molecule has 1 aromatic carbocycles. The van der Waals surface area contributed by atoms with Crippen LogP contribution in [-0.4, -0.2) is 27.0 Å². The van der Waals surface area contributed by atoms with E-state index in [9.17, 15) is 30.8 Å².